The van der Waals surface area contributed by atoms with Crippen LogP contribution in [0.4, 0.5) is 4.39 Å². The normalized spacial score (nSPS) is 11.1. The van der Waals surface area contributed by atoms with Crippen molar-refractivity contribution in [2.75, 3.05) is 0 Å². The van der Waals surface area contributed by atoms with Crippen molar-refractivity contribution >= 4 is 33.8 Å². The summed E-state index contributed by atoms with van der Waals surface area (Å²) in [4.78, 5) is 16.0. The molecule has 6 heteroatoms. The van der Waals surface area contributed by atoms with Gasteiger partial charge in [0.15, 0.2) is 4.77 Å². The smallest absolute Gasteiger partial charge is 0.263 e. The molecule has 3 nitrogen and oxygen atoms in total. The van der Waals surface area contributed by atoms with Crippen molar-refractivity contribution in [3.63, 3.8) is 0 Å². The largest absolute Gasteiger partial charge is 0.323 e. The number of hydrogen-bond acceptors (Lipinski definition) is 3. The summed E-state index contributed by atoms with van der Waals surface area (Å²) in [5.41, 5.74) is 1.47. The van der Waals surface area contributed by atoms with Gasteiger partial charge in [-0.15, -0.1) is 11.3 Å². The molecule has 0 unspecified atom stereocenters. The summed E-state index contributed by atoms with van der Waals surface area (Å²) in [6, 6.07) is 6.10. The highest BCUT2D eigenvalue weighted by atomic mass is 32.1. The van der Waals surface area contributed by atoms with Gasteiger partial charge < -0.3 is 4.98 Å². The maximum atomic E-state index is 13.0. The number of nitrogens with one attached hydrogen (secondary N) is 1. The highest BCUT2D eigenvalue weighted by Gasteiger charge is 2.12. The number of fused-ring (bicyclic) bond motifs is 1. The number of hydrogen-bond donors (Lipinski definition) is 1. The summed E-state index contributed by atoms with van der Waals surface area (Å²) < 4.78 is 14.7. The van der Waals surface area contributed by atoms with E-state index in [1.807, 2.05) is 5.38 Å². The third-order valence-corrected chi connectivity index (χ3v) is 4.26. The van der Waals surface area contributed by atoms with Crippen molar-refractivity contribution in [2.24, 2.45) is 7.05 Å². The van der Waals surface area contributed by atoms with Gasteiger partial charge in [-0.2, -0.15) is 0 Å². The van der Waals surface area contributed by atoms with Crippen molar-refractivity contribution in [1.29, 1.82) is 0 Å². The van der Waals surface area contributed by atoms with Crippen LogP contribution in [0.1, 0.15) is 0 Å². The van der Waals surface area contributed by atoms with Crippen LogP contribution in [0.3, 0.4) is 0 Å². The zero-order chi connectivity index (χ0) is 13.6. The topological polar surface area (TPSA) is 37.8 Å². The maximum Gasteiger partial charge on any atom is 0.263 e. The van der Waals surface area contributed by atoms with E-state index >= 15 is 0 Å². The lowest BCUT2D eigenvalue weighted by Gasteiger charge is -2.02. The van der Waals surface area contributed by atoms with Gasteiger partial charge in [0.25, 0.3) is 5.56 Å². The Morgan fingerprint density at radius 1 is 1.32 bits per heavy atom. The Morgan fingerprint density at radius 3 is 2.68 bits per heavy atom. The molecule has 2 aromatic heterocycles. The Morgan fingerprint density at radius 2 is 2.00 bits per heavy atom. The molecule has 0 aliphatic carbocycles. The van der Waals surface area contributed by atoms with Crippen molar-refractivity contribution < 1.29 is 4.39 Å². The van der Waals surface area contributed by atoms with Crippen LogP contribution < -0.4 is 5.56 Å². The van der Waals surface area contributed by atoms with E-state index in [-0.39, 0.29) is 11.4 Å². The molecule has 0 bridgehead atoms. The quantitative estimate of drug-likeness (QED) is 0.697. The van der Waals surface area contributed by atoms with Gasteiger partial charge in [0, 0.05) is 18.0 Å². The summed E-state index contributed by atoms with van der Waals surface area (Å²) in [5.74, 6) is -0.296. The van der Waals surface area contributed by atoms with Crippen LogP contribution in [0.2, 0.25) is 0 Å². The predicted octanol–water partition coefficient (Wildman–Crippen LogP) is 3.46. The fourth-order valence-electron chi connectivity index (χ4n) is 1.95. The first-order valence-corrected chi connectivity index (χ1v) is 6.83. The zero-order valence-corrected chi connectivity index (χ0v) is 11.6. The van der Waals surface area contributed by atoms with Gasteiger partial charge in [0.2, 0.25) is 0 Å². The second kappa shape index (κ2) is 4.40. The first kappa shape index (κ1) is 12.3. The van der Waals surface area contributed by atoms with Crippen LogP contribution in [-0.2, 0) is 7.05 Å². The predicted molar refractivity (Wildman–Crippen MR) is 77.6 cm³/mol. The van der Waals surface area contributed by atoms with Crippen LogP contribution in [-0.4, -0.2) is 9.55 Å². The fourth-order valence-corrected chi connectivity index (χ4v) is 3.15. The molecule has 0 atom stereocenters. The van der Waals surface area contributed by atoms with E-state index in [9.17, 15) is 9.18 Å². The summed E-state index contributed by atoms with van der Waals surface area (Å²) in [5, 5.41) is 2.47. The molecule has 3 rings (SSSR count). The van der Waals surface area contributed by atoms with Gasteiger partial charge in [-0.1, -0.05) is 12.1 Å². The monoisotopic (exact) mass is 292 g/mol. The van der Waals surface area contributed by atoms with Gasteiger partial charge in [0.1, 0.15) is 10.6 Å². The molecule has 1 aromatic carbocycles. The average Bonchev–Trinajstić information content (AvgIpc) is 2.81. The van der Waals surface area contributed by atoms with Crippen molar-refractivity contribution in [3.8, 4) is 11.1 Å². The number of aromatic nitrogens is 2. The minimum atomic E-state index is -0.296. The van der Waals surface area contributed by atoms with Crippen molar-refractivity contribution in [2.45, 2.75) is 0 Å². The molecule has 0 spiro atoms. The van der Waals surface area contributed by atoms with Gasteiger partial charge in [0.05, 0.1) is 5.39 Å². The molecule has 0 fully saturated rings. The average molecular weight is 292 g/mol. The molecule has 19 heavy (non-hydrogen) atoms. The lowest BCUT2D eigenvalue weighted by atomic mass is 10.1. The third kappa shape index (κ3) is 1.93. The zero-order valence-electron chi connectivity index (χ0n) is 9.94. The van der Waals surface area contributed by atoms with E-state index in [1.165, 1.54) is 28.0 Å². The Bertz CT molecular complexity index is 874. The lowest BCUT2D eigenvalue weighted by Crippen LogP contribution is -2.18. The van der Waals surface area contributed by atoms with Gasteiger partial charge in [-0.3, -0.25) is 9.36 Å². The number of rotatable bonds is 1. The van der Waals surface area contributed by atoms with E-state index in [2.05, 4.69) is 4.98 Å². The van der Waals surface area contributed by atoms with Crippen LogP contribution in [0.25, 0.3) is 21.3 Å². The maximum absolute atomic E-state index is 13.0. The van der Waals surface area contributed by atoms with E-state index in [1.54, 1.807) is 19.2 Å². The Hall–Kier alpha value is -1.79. The van der Waals surface area contributed by atoms with E-state index < -0.39 is 0 Å². The Balaban J connectivity index is 2.38. The SMILES string of the molecule is Cn1c(=S)[nH]c2scc(-c3ccc(F)cc3)c2c1=O. The van der Waals surface area contributed by atoms with Gasteiger partial charge >= 0.3 is 0 Å². The fraction of sp³-hybridized carbons (Fsp3) is 0.0769. The summed E-state index contributed by atoms with van der Waals surface area (Å²) in [7, 11) is 1.63. The molecule has 3 aromatic rings. The molecule has 1 N–H and O–H groups in total. The number of aromatic amines is 1. The Kier molecular flexibility index (Phi) is 2.83. The minimum Gasteiger partial charge on any atom is -0.323 e. The summed E-state index contributed by atoms with van der Waals surface area (Å²) >= 11 is 6.50. The molecule has 0 saturated heterocycles. The molecule has 0 aliphatic heterocycles. The van der Waals surface area contributed by atoms with Crippen LogP contribution in [0.5, 0.6) is 0 Å². The molecular weight excluding hydrogens is 283 g/mol. The van der Waals surface area contributed by atoms with Gasteiger partial charge in [-0.25, -0.2) is 4.39 Å². The second-order valence-electron chi connectivity index (χ2n) is 4.15. The number of halogens is 1. The summed E-state index contributed by atoms with van der Waals surface area (Å²) in [6.45, 7) is 0. The van der Waals surface area contributed by atoms with Crippen molar-refractivity contribution in [3.05, 3.63) is 50.6 Å². The van der Waals surface area contributed by atoms with Crippen LogP contribution in [0, 0.1) is 10.6 Å². The number of nitrogens with zero attached hydrogens (tertiary/aromatic N) is 1. The first-order chi connectivity index (χ1) is 9.08. The second-order valence-corrected chi connectivity index (χ2v) is 5.42. The third-order valence-electron chi connectivity index (χ3n) is 2.99. The minimum absolute atomic E-state index is 0.140. The standard InChI is InChI=1S/C13H9FN2OS2/c1-16-12(17)10-9(6-19-11(10)15-13(16)18)7-2-4-8(14)5-3-7/h2-6H,1H3,(H,15,18). The summed E-state index contributed by atoms with van der Waals surface area (Å²) in [6.07, 6.45) is 0. The van der Waals surface area contributed by atoms with Crippen LogP contribution in [0.15, 0.2) is 34.4 Å². The van der Waals surface area contributed by atoms with Crippen LogP contribution >= 0.6 is 23.6 Å². The van der Waals surface area contributed by atoms with E-state index in [4.69, 9.17) is 12.2 Å². The number of thiophene rings is 1. The van der Waals surface area contributed by atoms with E-state index in [0.29, 0.717) is 10.2 Å². The Labute approximate surface area is 117 Å². The number of H-pyrrole nitrogens is 1. The molecule has 0 amide bonds. The molecule has 0 radical (unpaired) electrons. The molecule has 0 saturated carbocycles. The lowest BCUT2D eigenvalue weighted by molar-refractivity contribution is 0.628. The molecular formula is C13H9FN2OS2. The molecule has 2 heterocycles. The van der Waals surface area contributed by atoms with Crippen molar-refractivity contribution in [1.82, 2.24) is 9.55 Å². The van der Waals surface area contributed by atoms with E-state index in [0.717, 1.165) is 16.0 Å². The molecule has 96 valence electrons. The highest BCUT2D eigenvalue weighted by Crippen LogP contribution is 2.30. The first-order valence-electron chi connectivity index (χ1n) is 5.54. The molecule has 0 aliphatic rings. The number of benzene rings is 1. The van der Waals surface area contributed by atoms with Gasteiger partial charge in [-0.05, 0) is 29.9 Å². The highest BCUT2D eigenvalue weighted by molar-refractivity contribution is 7.71.